The Morgan fingerprint density at radius 1 is 1.04 bits per heavy atom. The van der Waals surface area contributed by atoms with Gasteiger partial charge in [0, 0.05) is 23.5 Å². The number of carbonyl (C=O) groups excluding carboxylic acids is 2. The summed E-state index contributed by atoms with van der Waals surface area (Å²) in [4.78, 5) is 27.9. The Labute approximate surface area is 300 Å². The average Bonchev–Trinajstić information content (AvgIpc) is 3.20. The molecule has 0 aromatic heterocycles. The normalized spacial score (nSPS) is 24.7. The summed E-state index contributed by atoms with van der Waals surface area (Å²) < 4.78 is 17.9. The smallest absolute Gasteiger partial charge is 0.338 e. The van der Waals surface area contributed by atoms with Crippen molar-refractivity contribution < 1.29 is 28.9 Å². The van der Waals surface area contributed by atoms with Gasteiger partial charge >= 0.3 is 11.9 Å². The molecule has 0 amide bonds. The molecule has 3 aromatic rings. The molecule has 1 N–H and O–H groups in total. The van der Waals surface area contributed by atoms with Gasteiger partial charge in [-0.25, -0.2) is 9.59 Å². The number of esters is 2. The zero-order valence-electron chi connectivity index (χ0n) is 29.3. The SMILES string of the molecule is CC(C)(C)OC(=O)c1ccc2c(c1)N(C[C@@H]1CC[C@H]1[C@H](O)C1=CC(CCOC(=O)c3ccccc3)C1)C[C@@]1(CCCc3cc(Cl)ccc31)CO2. The van der Waals surface area contributed by atoms with Crippen LogP contribution in [0, 0.1) is 17.8 Å². The van der Waals surface area contributed by atoms with Gasteiger partial charge in [-0.15, -0.1) is 0 Å². The van der Waals surface area contributed by atoms with Crippen molar-refractivity contribution in [3.63, 3.8) is 0 Å². The van der Waals surface area contributed by atoms with Crippen LogP contribution in [0.2, 0.25) is 5.02 Å². The molecule has 0 radical (unpaired) electrons. The molecular formula is C42H48ClNO6. The number of rotatable bonds is 9. The molecule has 1 spiro atoms. The molecule has 0 bridgehead atoms. The Morgan fingerprint density at radius 2 is 1.84 bits per heavy atom. The van der Waals surface area contributed by atoms with Gasteiger partial charge in [0.05, 0.1) is 36.1 Å². The molecular weight excluding hydrogens is 650 g/mol. The summed E-state index contributed by atoms with van der Waals surface area (Å²) in [5.41, 5.74) is 4.81. The van der Waals surface area contributed by atoms with Gasteiger partial charge in [-0.1, -0.05) is 41.9 Å². The van der Waals surface area contributed by atoms with Gasteiger partial charge in [0.15, 0.2) is 0 Å². The minimum absolute atomic E-state index is 0.160. The Bertz CT molecular complexity index is 1770. The summed E-state index contributed by atoms with van der Waals surface area (Å²) in [6.07, 6.45) is 8.33. The lowest BCUT2D eigenvalue weighted by Gasteiger charge is -2.47. The van der Waals surface area contributed by atoms with Gasteiger partial charge in [-0.2, -0.15) is 0 Å². The van der Waals surface area contributed by atoms with Gasteiger partial charge in [-0.05, 0) is 143 Å². The predicted molar refractivity (Wildman–Crippen MR) is 195 cm³/mol. The van der Waals surface area contributed by atoms with Gasteiger partial charge in [0.1, 0.15) is 11.4 Å². The van der Waals surface area contributed by atoms with E-state index in [1.165, 1.54) is 11.1 Å². The van der Waals surface area contributed by atoms with Gasteiger partial charge < -0.3 is 24.2 Å². The van der Waals surface area contributed by atoms with E-state index in [-0.39, 0.29) is 23.3 Å². The van der Waals surface area contributed by atoms with Gasteiger partial charge in [-0.3, -0.25) is 0 Å². The van der Waals surface area contributed by atoms with Crippen LogP contribution in [-0.4, -0.2) is 55.1 Å². The van der Waals surface area contributed by atoms with Crippen LogP contribution in [0.3, 0.4) is 0 Å². The van der Waals surface area contributed by atoms with Gasteiger partial charge in [0.2, 0.25) is 0 Å². The summed E-state index contributed by atoms with van der Waals surface area (Å²) in [6.45, 7) is 8.05. The lowest BCUT2D eigenvalue weighted by atomic mass is 9.65. The third kappa shape index (κ3) is 7.31. The maximum Gasteiger partial charge on any atom is 0.338 e. The summed E-state index contributed by atoms with van der Waals surface area (Å²) >= 11 is 6.45. The fraction of sp³-hybridized carbons (Fsp3) is 0.476. The standard InChI is InChI=1S/C42H48ClNO6/c1-41(2,3)50-40(47)30-12-16-37-36(23-30)44(25-42(26-49-37)18-7-10-29-22-33(43)13-15-35(29)42)24-31-11-14-34(31)38(45)32-20-27(21-32)17-19-48-39(46)28-8-5-4-6-9-28/h4-6,8-9,12-13,15-16,20,22-23,27,31,34,38,45H,7,10-11,14,17-19,21,24-26H2,1-3H3/t27?,31-,34+,38+,42-/m0/s1. The largest absolute Gasteiger partial charge is 0.490 e. The fourth-order valence-corrected chi connectivity index (χ4v) is 8.51. The summed E-state index contributed by atoms with van der Waals surface area (Å²) in [5, 5.41) is 12.3. The molecule has 5 atom stereocenters. The number of aryl methyl sites for hydroxylation is 1. The molecule has 1 unspecified atom stereocenters. The molecule has 264 valence electrons. The number of fused-ring (bicyclic) bond motifs is 3. The van der Waals surface area contributed by atoms with Crippen molar-refractivity contribution in [1.29, 1.82) is 0 Å². The fourth-order valence-electron chi connectivity index (χ4n) is 8.31. The average molecular weight is 698 g/mol. The molecule has 1 aliphatic heterocycles. The molecule has 4 aliphatic rings. The van der Waals surface area contributed by atoms with Crippen molar-refractivity contribution in [1.82, 2.24) is 0 Å². The van der Waals surface area contributed by atoms with E-state index in [4.69, 9.17) is 25.8 Å². The number of halogens is 1. The Kier molecular flexibility index (Phi) is 9.75. The van der Waals surface area contributed by atoms with Gasteiger partial charge in [0.25, 0.3) is 0 Å². The highest BCUT2D eigenvalue weighted by molar-refractivity contribution is 6.30. The Balaban J connectivity index is 1.07. The lowest BCUT2D eigenvalue weighted by Crippen LogP contribution is -2.50. The highest BCUT2D eigenvalue weighted by Gasteiger charge is 2.45. The molecule has 3 aromatic carbocycles. The Morgan fingerprint density at radius 3 is 2.58 bits per heavy atom. The summed E-state index contributed by atoms with van der Waals surface area (Å²) in [6, 6.07) is 21.0. The first-order valence-electron chi connectivity index (χ1n) is 18.1. The van der Waals surface area contributed by atoms with Crippen LogP contribution in [0.1, 0.15) is 91.1 Å². The third-order valence-corrected chi connectivity index (χ3v) is 11.3. The first-order valence-corrected chi connectivity index (χ1v) is 18.5. The highest BCUT2D eigenvalue weighted by atomic mass is 35.5. The van der Waals surface area contributed by atoms with Crippen molar-refractivity contribution in [2.45, 2.75) is 82.8 Å². The molecule has 50 heavy (non-hydrogen) atoms. The monoisotopic (exact) mass is 697 g/mol. The third-order valence-electron chi connectivity index (χ3n) is 11.1. The zero-order chi connectivity index (χ0) is 35.0. The molecule has 1 fully saturated rings. The minimum Gasteiger partial charge on any atom is -0.490 e. The number of nitrogens with zero attached hydrogens (tertiary/aromatic N) is 1. The molecule has 7 nitrogen and oxygen atoms in total. The number of hydrogen-bond acceptors (Lipinski definition) is 7. The highest BCUT2D eigenvalue weighted by Crippen LogP contribution is 2.48. The van der Waals surface area contributed by atoms with Crippen molar-refractivity contribution in [2.24, 2.45) is 17.8 Å². The van der Waals surface area contributed by atoms with Crippen LogP contribution in [0.15, 0.2) is 78.4 Å². The van der Waals surface area contributed by atoms with E-state index in [0.29, 0.717) is 36.2 Å². The summed E-state index contributed by atoms with van der Waals surface area (Å²) in [5.74, 6) is 0.876. The predicted octanol–water partition coefficient (Wildman–Crippen LogP) is 8.35. The first-order chi connectivity index (χ1) is 24.0. The van der Waals surface area contributed by atoms with E-state index < -0.39 is 11.7 Å². The van der Waals surface area contributed by atoms with Crippen LogP contribution in [0.5, 0.6) is 5.75 Å². The number of carbonyl (C=O) groups is 2. The number of hydrogen-bond donors (Lipinski definition) is 1. The second kappa shape index (κ2) is 14.1. The number of ether oxygens (including phenoxy) is 3. The minimum atomic E-state index is -0.603. The molecule has 8 heteroatoms. The van der Waals surface area contributed by atoms with Crippen molar-refractivity contribution in [2.75, 3.05) is 31.2 Å². The van der Waals surface area contributed by atoms with Crippen molar-refractivity contribution in [3.05, 3.63) is 106 Å². The van der Waals surface area contributed by atoms with E-state index in [9.17, 15) is 14.7 Å². The van der Waals surface area contributed by atoms with E-state index in [2.05, 4.69) is 23.1 Å². The number of aliphatic hydroxyl groups is 1. The molecule has 1 saturated carbocycles. The van der Waals surface area contributed by atoms with E-state index in [0.717, 1.165) is 80.1 Å². The van der Waals surface area contributed by atoms with Crippen LogP contribution in [0.25, 0.3) is 0 Å². The van der Waals surface area contributed by atoms with Crippen molar-refractivity contribution >= 4 is 29.2 Å². The maximum atomic E-state index is 13.2. The molecule has 3 aliphatic carbocycles. The number of benzene rings is 3. The van der Waals surface area contributed by atoms with E-state index in [1.54, 1.807) is 18.2 Å². The second-order valence-electron chi connectivity index (χ2n) is 15.7. The first kappa shape index (κ1) is 34.6. The van der Waals surface area contributed by atoms with E-state index in [1.807, 2.05) is 57.2 Å². The molecule has 7 rings (SSSR count). The Hall–Kier alpha value is -3.81. The van der Waals surface area contributed by atoms with Crippen LogP contribution >= 0.6 is 11.6 Å². The van der Waals surface area contributed by atoms with Crippen molar-refractivity contribution in [3.8, 4) is 5.75 Å². The van der Waals surface area contributed by atoms with E-state index >= 15 is 0 Å². The molecule has 0 saturated heterocycles. The van der Waals surface area contributed by atoms with Crippen LogP contribution in [0.4, 0.5) is 5.69 Å². The number of allylic oxidation sites excluding steroid dienone is 1. The topological polar surface area (TPSA) is 85.3 Å². The molecule has 1 heterocycles. The summed E-state index contributed by atoms with van der Waals surface area (Å²) in [7, 11) is 0. The number of anilines is 1. The quantitative estimate of drug-likeness (QED) is 0.178. The lowest BCUT2D eigenvalue weighted by molar-refractivity contribution is 0.00692. The van der Waals surface area contributed by atoms with Crippen LogP contribution < -0.4 is 9.64 Å². The second-order valence-corrected chi connectivity index (χ2v) is 16.2. The zero-order valence-corrected chi connectivity index (χ0v) is 30.1. The number of aliphatic hydroxyl groups excluding tert-OH is 1. The van der Waals surface area contributed by atoms with Crippen LogP contribution in [-0.2, 0) is 21.3 Å². The maximum absolute atomic E-state index is 13.2.